The van der Waals surface area contributed by atoms with Gasteiger partial charge >= 0.3 is 0 Å². The summed E-state index contributed by atoms with van der Waals surface area (Å²) in [6.45, 7) is 2.38. The van der Waals surface area contributed by atoms with Crippen LogP contribution in [0.15, 0.2) is 72.2 Å². The second kappa shape index (κ2) is 9.61. The van der Waals surface area contributed by atoms with Gasteiger partial charge in [-0.05, 0) is 36.8 Å². The highest BCUT2D eigenvalue weighted by Gasteiger charge is 2.18. The summed E-state index contributed by atoms with van der Waals surface area (Å²) < 4.78 is 13.8. The maximum Gasteiger partial charge on any atom is 0.162 e. The van der Waals surface area contributed by atoms with E-state index in [0.29, 0.717) is 23.7 Å². The van der Waals surface area contributed by atoms with Crippen molar-refractivity contribution in [3.8, 4) is 40.1 Å². The predicted octanol–water partition coefficient (Wildman–Crippen LogP) is 6.68. The molecule has 8 heteroatoms. The van der Waals surface area contributed by atoms with Gasteiger partial charge in [-0.1, -0.05) is 30.3 Å². The Morgan fingerprint density at radius 3 is 2.61 bits per heavy atom. The third-order valence-corrected chi connectivity index (χ3v) is 7.27. The fourth-order valence-corrected chi connectivity index (χ4v) is 5.21. The molecule has 0 spiro atoms. The number of methoxy groups -OCH3 is 1. The van der Waals surface area contributed by atoms with Crippen LogP contribution in [0, 0.1) is 18.3 Å². The fraction of sp³-hybridized carbons (Fsp3) is 0.133. The molecule has 0 aliphatic rings. The highest BCUT2D eigenvalue weighted by Crippen LogP contribution is 2.39. The summed E-state index contributed by atoms with van der Waals surface area (Å²) in [5, 5.41) is 19.0. The number of aryl methyl sites for hydroxylation is 2. The number of hydrogen-bond acceptors (Lipinski definition) is 7. The third-order valence-electron chi connectivity index (χ3n) is 6.49. The topological polar surface area (TPSA) is 85.8 Å². The van der Waals surface area contributed by atoms with Gasteiger partial charge in [-0.3, -0.25) is 9.67 Å². The van der Waals surface area contributed by atoms with Crippen LogP contribution < -0.4 is 9.47 Å². The van der Waals surface area contributed by atoms with Gasteiger partial charge in [0.15, 0.2) is 11.5 Å². The van der Waals surface area contributed by atoms with Gasteiger partial charge in [0.05, 0.1) is 46.7 Å². The quantitative estimate of drug-likeness (QED) is 0.245. The highest BCUT2D eigenvalue weighted by atomic mass is 32.1. The standard InChI is InChI=1S/C30H23N5O2S/c1-18-33-25(17-38-18)22-6-4-5-20(11-22)16-37-28-12-23-24(13-27(28)36-3)32-15-26-29(23)30(34-35(26)2)21-9-7-19(14-31)8-10-21/h4-13,15,17H,16H2,1-3H3. The molecule has 3 aromatic carbocycles. The molecule has 0 radical (unpaired) electrons. The number of nitriles is 1. The maximum absolute atomic E-state index is 9.20. The first-order valence-electron chi connectivity index (χ1n) is 12.0. The first-order valence-corrected chi connectivity index (χ1v) is 12.9. The number of benzene rings is 3. The zero-order valence-electron chi connectivity index (χ0n) is 21.1. The van der Waals surface area contributed by atoms with Gasteiger partial charge in [-0.25, -0.2) is 4.98 Å². The van der Waals surface area contributed by atoms with Gasteiger partial charge in [-0.2, -0.15) is 10.4 Å². The number of hydrogen-bond donors (Lipinski definition) is 0. The van der Waals surface area contributed by atoms with Gasteiger partial charge in [0.2, 0.25) is 0 Å². The minimum Gasteiger partial charge on any atom is -0.493 e. The summed E-state index contributed by atoms with van der Waals surface area (Å²) >= 11 is 1.64. The van der Waals surface area contributed by atoms with Gasteiger partial charge in [-0.15, -0.1) is 11.3 Å². The summed E-state index contributed by atoms with van der Waals surface area (Å²) in [6, 6.07) is 21.7. The second-order valence-electron chi connectivity index (χ2n) is 8.94. The zero-order valence-corrected chi connectivity index (χ0v) is 21.9. The number of ether oxygens (including phenoxy) is 2. The van der Waals surface area contributed by atoms with Crippen LogP contribution in [0.1, 0.15) is 16.1 Å². The number of pyridine rings is 1. The van der Waals surface area contributed by atoms with Crippen LogP contribution in [-0.4, -0.2) is 26.9 Å². The normalized spacial score (nSPS) is 11.1. The smallest absolute Gasteiger partial charge is 0.162 e. The lowest BCUT2D eigenvalue weighted by molar-refractivity contribution is 0.285. The molecule has 6 aromatic rings. The molecule has 0 unspecified atom stereocenters. The van der Waals surface area contributed by atoms with Crippen molar-refractivity contribution >= 4 is 33.1 Å². The van der Waals surface area contributed by atoms with E-state index in [9.17, 15) is 5.26 Å². The molecule has 0 amide bonds. The number of nitrogens with zero attached hydrogens (tertiary/aromatic N) is 5. The Labute approximate surface area is 223 Å². The Bertz CT molecular complexity index is 1850. The Balaban J connectivity index is 1.41. The van der Waals surface area contributed by atoms with Crippen LogP contribution >= 0.6 is 11.3 Å². The first-order chi connectivity index (χ1) is 18.5. The molecule has 0 N–H and O–H groups in total. The monoisotopic (exact) mass is 517 g/mol. The molecule has 0 aliphatic carbocycles. The lowest BCUT2D eigenvalue weighted by atomic mass is 10.0. The van der Waals surface area contributed by atoms with Crippen molar-refractivity contribution in [1.82, 2.24) is 19.7 Å². The van der Waals surface area contributed by atoms with Crippen LogP contribution in [0.4, 0.5) is 0 Å². The largest absolute Gasteiger partial charge is 0.493 e. The van der Waals surface area contributed by atoms with Gasteiger partial charge < -0.3 is 9.47 Å². The number of aromatic nitrogens is 4. The molecule has 0 aliphatic heterocycles. The van der Waals surface area contributed by atoms with Crippen molar-refractivity contribution in [2.24, 2.45) is 7.05 Å². The zero-order chi connectivity index (χ0) is 26.2. The van der Waals surface area contributed by atoms with Crippen molar-refractivity contribution in [3.63, 3.8) is 0 Å². The summed E-state index contributed by atoms with van der Waals surface area (Å²) in [5.74, 6) is 1.23. The first kappa shape index (κ1) is 23.6. The van der Waals surface area contributed by atoms with Crippen molar-refractivity contribution in [3.05, 3.63) is 88.4 Å². The summed E-state index contributed by atoms with van der Waals surface area (Å²) in [5.41, 5.74) is 7.11. The number of thiazole rings is 1. The maximum atomic E-state index is 9.20. The number of fused-ring (bicyclic) bond motifs is 3. The van der Waals surface area contributed by atoms with E-state index in [-0.39, 0.29) is 0 Å². The van der Waals surface area contributed by atoms with Gasteiger partial charge in [0, 0.05) is 40.4 Å². The van der Waals surface area contributed by atoms with E-state index in [1.807, 2.05) is 61.2 Å². The Morgan fingerprint density at radius 2 is 1.87 bits per heavy atom. The lowest BCUT2D eigenvalue weighted by Crippen LogP contribution is -1.99. The van der Waals surface area contributed by atoms with Crippen molar-refractivity contribution in [2.75, 3.05) is 7.11 Å². The van der Waals surface area contributed by atoms with Crippen LogP contribution in [-0.2, 0) is 13.7 Å². The van der Waals surface area contributed by atoms with Crippen LogP contribution in [0.3, 0.4) is 0 Å². The fourth-order valence-electron chi connectivity index (χ4n) is 4.59. The van der Waals surface area contributed by atoms with Crippen molar-refractivity contribution in [2.45, 2.75) is 13.5 Å². The molecular formula is C30H23N5O2S. The Hall–Kier alpha value is -4.74. The minimum absolute atomic E-state index is 0.373. The van der Waals surface area contributed by atoms with Crippen molar-refractivity contribution < 1.29 is 9.47 Å². The van der Waals surface area contributed by atoms with E-state index >= 15 is 0 Å². The van der Waals surface area contributed by atoms with E-state index < -0.39 is 0 Å². The van der Waals surface area contributed by atoms with Crippen LogP contribution in [0.5, 0.6) is 11.5 Å². The minimum atomic E-state index is 0.373. The number of rotatable bonds is 6. The SMILES string of the molecule is COc1cc2ncc3c(c(-c4ccc(C#N)cc4)nn3C)c2cc1OCc1cccc(-c2csc(C)n2)c1. The third kappa shape index (κ3) is 4.23. The Kier molecular flexibility index (Phi) is 5.98. The van der Waals surface area contributed by atoms with Gasteiger partial charge in [0.1, 0.15) is 12.3 Å². The molecule has 0 saturated carbocycles. The van der Waals surface area contributed by atoms with E-state index in [0.717, 1.165) is 54.9 Å². The summed E-state index contributed by atoms with van der Waals surface area (Å²) in [4.78, 5) is 9.28. The van der Waals surface area contributed by atoms with Gasteiger partial charge in [0.25, 0.3) is 0 Å². The molecule has 0 fully saturated rings. The van der Waals surface area contributed by atoms with Crippen LogP contribution in [0.25, 0.3) is 44.3 Å². The molecule has 38 heavy (non-hydrogen) atoms. The summed E-state index contributed by atoms with van der Waals surface area (Å²) in [6.07, 6.45) is 1.82. The second-order valence-corrected chi connectivity index (χ2v) is 10.0. The molecule has 186 valence electrons. The van der Waals surface area contributed by atoms with E-state index in [4.69, 9.17) is 14.6 Å². The summed E-state index contributed by atoms with van der Waals surface area (Å²) in [7, 11) is 3.53. The van der Waals surface area contributed by atoms with Crippen molar-refractivity contribution in [1.29, 1.82) is 5.26 Å². The Morgan fingerprint density at radius 1 is 1.03 bits per heavy atom. The van der Waals surface area contributed by atoms with Crippen LogP contribution in [0.2, 0.25) is 0 Å². The average molecular weight is 518 g/mol. The molecule has 7 nitrogen and oxygen atoms in total. The predicted molar refractivity (Wildman–Crippen MR) is 149 cm³/mol. The molecular weight excluding hydrogens is 494 g/mol. The molecule has 0 bridgehead atoms. The van der Waals surface area contributed by atoms with E-state index in [2.05, 4.69) is 33.5 Å². The van der Waals surface area contributed by atoms with E-state index in [1.165, 1.54) is 0 Å². The molecule has 3 aromatic heterocycles. The van der Waals surface area contributed by atoms with E-state index in [1.54, 1.807) is 30.6 Å². The molecule has 3 heterocycles. The molecule has 6 rings (SSSR count). The molecule has 0 atom stereocenters. The lowest BCUT2D eigenvalue weighted by Gasteiger charge is -2.13. The molecule has 0 saturated heterocycles. The highest BCUT2D eigenvalue weighted by molar-refractivity contribution is 7.09. The average Bonchev–Trinajstić information content (AvgIpc) is 3.54.